The maximum Gasteiger partial charge on any atom is 0.339 e. The number of rotatable bonds is 10. The number of carbonyl (C=O) groups is 2. The van der Waals surface area contributed by atoms with Gasteiger partial charge >= 0.3 is 20.2 Å². The van der Waals surface area contributed by atoms with Crippen LogP contribution >= 0.6 is 0 Å². The minimum atomic E-state index is -4.44. The van der Waals surface area contributed by atoms with Crippen LogP contribution in [0.15, 0.2) is 180 Å². The lowest BCUT2D eigenvalue weighted by Crippen LogP contribution is -2.29. The van der Waals surface area contributed by atoms with E-state index in [1.807, 2.05) is 48.5 Å². The number of hydrogen-bond acceptors (Lipinski definition) is 8. The first-order chi connectivity index (χ1) is 28.1. The molecule has 0 unspecified atom stereocenters. The van der Waals surface area contributed by atoms with Gasteiger partial charge in [-0.15, -0.1) is 0 Å². The zero-order chi connectivity index (χ0) is 40.0. The minimum absolute atomic E-state index is 0.0266. The molecule has 10 rings (SSSR count). The molecule has 0 saturated carbocycles. The molecule has 2 N–H and O–H groups in total. The van der Waals surface area contributed by atoms with Crippen LogP contribution in [0, 0.1) is 0 Å². The van der Waals surface area contributed by atoms with E-state index in [9.17, 15) is 26.4 Å². The summed E-state index contributed by atoms with van der Waals surface area (Å²) in [4.78, 5) is 25.1. The van der Waals surface area contributed by atoms with Crippen molar-refractivity contribution in [3.05, 3.63) is 214 Å². The van der Waals surface area contributed by atoms with Crippen LogP contribution in [0.25, 0.3) is 0 Å². The molecule has 0 heterocycles. The van der Waals surface area contributed by atoms with Gasteiger partial charge in [-0.2, -0.15) is 16.8 Å². The zero-order valence-corrected chi connectivity index (χ0v) is 32.0. The van der Waals surface area contributed by atoms with Crippen LogP contribution in [0.2, 0.25) is 0 Å². The van der Waals surface area contributed by atoms with Crippen molar-refractivity contribution in [3.63, 3.8) is 0 Å². The Morgan fingerprint density at radius 3 is 1.03 bits per heavy atom. The van der Waals surface area contributed by atoms with Crippen molar-refractivity contribution in [2.24, 2.45) is 0 Å². The third-order valence-electron chi connectivity index (χ3n) is 10.3. The number of hydrogen-bond donors (Lipinski definition) is 2. The molecular weight excluding hydrogens is 773 g/mol. The van der Waals surface area contributed by atoms with Crippen LogP contribution in [0.5, 0.6) is 11.5 Å². The van der Waals surface area contributed by atoms with Crippen LogP contribution in [-0.2, 0) is 20.2 Å². The van der Waals surface area contributed by atoms with Gasteiger partial charge in [0.2, 0.25) is 0 Å². The Balaban J connectivity index is 1.06. The van der Waals surface area contributed by atoms with Gasteiger partial charge in [0.25, 0.3) is 11.8 Å². The number of anilines is 2. The number of amides is 2. The summed E-state index contributed by atoms with van der Waals surface area (Å²) in [6.07, 6.45) is 0. The summed E-state index contributed by atoms with van der Waals surface area (Å²) in [6, 6.07) is 47.0. The van der Waals surface area contributed by atoms with E-state index in [1.165, 1.54) is 60.7 Å². The van der Waals surface area contributed by atoms with Gasteiger partial charge in [0.05, 0.1) is 0 Å². The van der Waals surface area contributed by atoms with E-state index >= 15 is 0 Å². The maximum atomic E-state index is 14.0. The van der Waals surface area contributed by atoms with Crippen molar-refractivity contribution in [1.82, 2.24) is 0 Å². The lowest BCUT2D eigenvalue weighted by atomic mass is 9.61. The van der Waals surface area contributed by atoms with Crippen molar-refractivity contribution >= 4 is 43.4 Å². The molecule has 3 aliphatic rings. The second-order valence-corrected chi connectivity index (χ2v) is 16.9. The summed E-state index contributed by atoms with van der Waals surface area (Å²) in [5.74, 6) is -1.65. The van der Waals surface area contributed by atoms with Gasteiger partial charge in [-0.3, -0.25) is 9.59 Å². The van der Waals surface area contributed by atoms with E-state index in [0.29, 0.717) is 33.6 Å². The second-order valence-electron chi connectivity index (χ2n) is 13.8. The molecule has 0 aliphatic heterocycles. The normalized spacial score (nSPS) is 15.0. The molecule has 0 spiro atoms. The molecule has 0 atom stereocenters. The van der Waals surface area contributed by atoms with Gasteiger partial charge < -0.3 is 19.0 Å². The van der Waals surface area contributed by atoms with E-state index in [1.54, 1.807) is 60.7 Å². The molecule has 0 radical (unpaired) electrons. The number of benzene rings is 7. The Kier molecular flexibility index (Phi) is 9.14. The van der Waals surface area contributed by atoms with Crippen LogP contribution in [0.4, 0.5) is 11.4 Å². The molecule has 286 valence electrons. The highest BCUT2D eigenvalue weighted by Crippen LogP contribution is 2.60. The molecule has 12 heteroatoms. The maximum absolute atomic E-state index is 14.0. The summed E-state index contributed by atoms with van der Waals surface area (Å²) in [5, 5.41) is 5.53. The highest BCUT2D eigenvalue weighted by molar-refractivity contribution is 7.87. The first-order valence-electron chi connectivity index (χ1n) is 18.2. The summed E-state index contributed by atoms with van der Waals surface area (Å²) in [7, 11) is -8.88. The Hall–Kier alpha value is -7.02. The molecule has 58 heavy (non-hydrogen) atoms. The Morgan fingerprint density at radius 2 is 0.707 bits per heavy atom. The van der Waals surface area contributed by atoms with Crippen molar-refractivity contribution in [1.29, 1.82) is 0 Å². The molecule has 7 aromatic rings. The monoisotopic (exact) mass is 804 g/mol. The standard InChI is InChI=1S/C46H32N2O8S2/c49-45(29-11-3-1-4-12-29)47-31-19-23-33(24-20-31)57(51,52)55-39-27-28-40(44-42-37-17-9-7-15-35(37)41(43(39)44)36-16-8-10-18-38(36)42)56-58(53,54)34-25-21-32(22-26-34)48-46(50)30-13-5-2-6-14-30/h1-28,41-42H,(H,47,49)(H,48,50). The van der Waals surface area contributed by atoms with Crippen molar-refractivity contribution in [3.8, 4) is 11.5 Å². The summed E-state index contributed by atoms with van der Waals surface area (Å²) in [6.45, 7) is 0. The van der Waals surface area contributed by atoms with E-state index in [0.717, 1.165) is 22.3 Å². The highest BCUT2D eigenvalue weighted by atomic mass is 32.2. The predicted molar refractivity (Wildman–Crippen MR) is 219 cm³/mol. The minimum Gasteiger partial charge on any atom is -0.379 e. The SMILES string of the molecule is O=C(Nc1ccc(S(=O)(=O)Oc2ccc(OS(=O)(=O)c3ccc(NC(=O)c4ccccc4)cc3)c3c2C2c4ccccc4C3c3ccccc32)cc1)c1ccccc1. The molecule has 2 amide bonds. The molecule has 0 fully saturated rings. The fourth-order valence-corrected chi connectivity index (χ4v) is 9.59. The summed E-state index contributed by atoms with van der Waals surface area (Å²) in [5.41, 5.74) is 6.39. The molecule has 7 aromatic carbocycles. The molecule has 0 aromatic heterocycles. The lowest BCUT2D eigenvalue weighted by Gasteiger charge is -2.43. The van der Waals surface area contributed by atoms with E-state index < -0.39 is 32.1 Å². The largest absolute Gasteiger partial charge is 0.379 e. The molecule has 10 nitrogen and oxygen atoms in total. The van der Waals surface area contributed by atoms with E-state index in [2.05, 4.69) is 10.6 Å². The summed E-state index contributed by atoms with van der Waals surface area (Å²) >= 11 is 0. The Labute approximate surface area is 335 Å². The second kappa shape index (κ2) is 14.5. The first-order valence-corrected chi connectivity index (χ1v) is 21.1. The van der Waals surface area contributed by atoms with Crippen molar-refractivity contribution < 1.29 is 34.8 Å². The van der Waals surface area contributed by atoms with Gasteiger partial charge in [0, 0.05) is 45.5 Å². The number of carbonyl (C=O) groups excluding carboxylic acids is 2. The third-order valence-corrected chi connectivity index (χ3v) is 12.8. The van der Waals surface area contributed by atoms with Crippen molar-refractivity contribution in [2.45, 2.75) is 21.6 Å². The van der Waals surface area contributed by atoms with E-state index in [4.69, 9.17) is 8.37 Å². The fraction of sp³-hybridized carbons (Fsp3) is 0.0435. The molecule has 2 bridgehead atoms. The highest BCUT2D eigenvalue weighted by Gasteiger charge is 2.45. The molecule has 3 aliphatic carbocycles. The average Bonchev–Trinajstić information content (AvgIpc) is 3.25. The van der Waals surface area contributed by atoms with Gasteiger partial charge in [-0.25, -0.2) is 0 Å². The van der Waals surface area contributed by atoms with Crippen molar-refractivity contribution in [2.75, 3.05) is 10.6 Å². The summed E-state index contributed by atoms with van der Waals surface area (Å²) < 4.78 is 67.7. The molecular formula is C46H32N2O8S2. The van der Waals surface area contributed by atoms with Crippen LogP contribution < -0.4 is 19.0 Å². The molecule has 0 saturated heterocycles. The Morgan fingerprint density at radius 1 is 0.397 bits per heavy atom. The zero-order valence-electron chi connectivity index (χ0n) is 30.4. The van der Waals surface area contributed by atoms with Gasteiger partial charge in [0.1, 0.15) is 21.3 Å². The van der Waals surface area contributed by atoms with Gasteiger partial charge in [-0.1, -0.05) is 84.9 Å². The van der Waals surface area contributed by atoms with E-state index in [-0.39, 0.29) is 33.1 Å². The average molecular weight is 805 g/mol. The predicted octanol–water partition coefficient (Wildman–Crippen LogP) is 8.71. The smallest absolute Gasteiger partial charge is 0.339 e. The van der Waals surface area contributed by atoms with Crippen LogP contribution in [0.3, 0.4) is 0 Å². The lowest BCUT2D eigenvalue weighted by molar-refractivity contribution is 0.101. The van der Waals surface area contributed by atoms with Crippen LogP contribution in [0.1, 0.15) is 65.9 Å². The number of nitrogens with one attached hydrogen (secondary N) is 2. The Bertz CT molecular complexity index is 2710. The fourth-order valence-electron chi connectivity index (χ4n) is 7.70. The topological polar surface area (TPSA) is 145 Å². The third kappa shape index (κ3) is 6.67. The first kappa shape index (κ1) is 36.6. The van der Waals surface area contributed by atoms with Gasteiger partial charge in [-0.05, 0) is 107 Å². The quantitative estimate of drug-likeness (QED) is 0.131. The van der Waals surface area contributed by atoms with Gasteiger partial charge in [0.15, 0.2) is 0 Å². The van der Waals surface area contributed by atoms with Crippen LogP contribution in [-0.4, -0.2) is 28.6 Å².